The summed E-state index contributed by atoms with van der Waals surface area (Å²) in [6, 6.07) is 30.1. The summed E-state index contributed by atoms with van der Waals surface area (Å²) >= 11 is 0. The normalized spacial score (nSPS) is 23.4. The number of rotatable bonds is 4. The number of benzene rings is 4. The maximum Gasteiger partial charge on any atom is 0.339 e. The molecule has 0 radical (unpaired) electrons. The van der Waals surface area contributed by atoms with Gasteiger partial charge in [-0.15, -0.1) is 0 Å². The zero-order valence-electron chi connectivity index (χ0n) is 19.5. The van der Waals surface area contributed by atoms with Crippen LogP contribution in [0.2, 0.25) is 0 Å². The molecule has 0 unspecified atom stereocenters. The quantitative estimate of drug-likeness (QED) is 0.291. The van der Waals surface area contributed by atoms with Crippen molar-refractivity contribution in [3.05, 3.63) is 125 Å². The minimum atomic E-state index is -4.17. The highest BCUT2D eigenvalue weighted by atomic mass is 32.2. The first-order valence-corrected chi connectivity index (χ1v) is 13.5. The van der Waals surface area contributed by atoms with Gasteiger partial charge in [0.1, 0.15) is 4.90 Å². The summed E-state index contributed by atoms with van der Waals surface area (Å²) in [5.41, 5.74) is 4.44. The number of anilines is 1. The fourth-order valence-corrected chi connectivity index (χ4v) is 7.34. The van der Waals surface area contributed by atoms with E-state index < -0.39 is 22.0 Å². The van der Waals surface area contributed by atoms with E-state index in [1.54, 1.807) is 36.4 Å². The Balaban J connectivity index is 1.34. The molecule has 8 rings (SSSR count). The Morgan fingerprint density at radius 2 is 1.00 bits per heavy atom. The molecule has 0 spiro atoms. The molecule has 3 aliphatic carbocycles. The zero-order valence-corrected chi connectivity index (χ0v) is 20.3. The van der Waals surface area contributed by atoms with Crippen molar-refractivity contribution >= 4 is 27.6 Å². The number of carbonyl (C=O) groups is 2. The fraction of sp³-hybridized carbons (Fsp3) is 0.133. The van der Waals surface area contributed by atoms with Gasteiger partial charge in [-0.2, -0.15) is 8.42 Å². The maximum atomic E-state index is 14.0. The standard InChI is InChI=1S/C30H21NO5S/c32-29-27-25-19-12-4-5-13-20(19)26(22-15-7-6-14-21(22)25)28(27)30(33)31(29)23-16-8-9-17-24(23)36-37(34,35)18-10-2-1-3-11-18/h1-17,25-28H/t25?,26?,27-,28-/m0/s1. The Bertz CT molecular complexity index is 1580. The Morgan fingerprint density at radius 1 is 0.568 bits per heavy atom. The average molecular weight is 508 g/mol. The van der Waals surface area contributed by atoms with Crippen molar-refractivity contribution in [2.75, 3.05) is 4.90 Å². The van der Waals surface area contributed by atoms with Crippen LogP contribution < -0.4 is 9.08 Å². The van der Waals surface area contributed by atoms with Gasteiger partial charge < -0.3 is 4.18 Å². The number of imide groups is 1. The van der Waals surface area contributed by atoms with Crippen LogP contribution >= 0.6 is 0 Å². The molecule has 2 atom stereocenters. The van der Waals surface area contributed by atoms with Crippen molar-refractivity contribution in [2.45, 2.75) is 16.7 Å². The predicted octanol–water partition coefficient (Wildman–Crippen LogP) is 4.85. The molecule has 4 aromatic carbocycles. The lowest BCUT2D eigenvalue weighted by atomic mass is 9.55. The Kier molecular flexibility index (Phi) is 4.69. The molecule has 1 saturated heterocycles. The molecule has 1 heterocycles. The van der Waals surface area contributed by atoms with Gasteiger partial charge in [0.05, 0.1) is 17.5 Å². The summed E-state index contributed by atoms with van der Waals surface area (Å²) in [6.07, 6.45) is 0. The van der Waals surface area contributed by atoms with Gasteiger partial charge >= 0.3 is 10.1 Å². The van der Waals surface area contributed by atoms with Crippen molar-refractivity contribution < 1.29 is 22.2 Å². The van der Waals surface area contributed by atoms with Crippen molar-refractivity contribution in [3.63, 3.8) is 0 Å². The molecule has 182 valence electrons. The summed E-state index contributed by atoms with van der Waals surface area (Å²) < 4.78 is 31.5. The second-order valence-corrected chi connectivity index (χ2v) is 11.1. The lowest BCUT2D eigenvalue weighted by Gasteiger charge is -2.45. The Labute approximate surface area is 214 Å². The maximum absolute atomic E-state index is 14.0. The highest BCUT2D eigenvalue weighted by molar-refractivity contribution is 7.87. The van der Waals surface area contributed by atoms with Gasteiger partial charge in [-0.25, -0.2) is 4.90 Å². The first-order chi connectivity index (χ1) is 18.0. The van der Waals surface area contributed by atoms with Crippen LogP contribution in [-0.4, -0.2) is 20.2 Å². The van der Waals surface area contributed by atoms with Crippen LogP contribution in [-0.2, 0) is 19.7 Å². The number of nitrogens with zero attached hydrogens (tertiary/aromatic N) is 1. The molecular formula is C30H21NO5S. The van der Waals surface area contributed by atoms with E-state index in [9.17, 15) is 18.0 Å². The van der Waals surface area contributed by atoms with E-state index in [4.69, 9.17) is 4.18 Å². The van der Waals surface area contributed by atoms with Crippen molar-refractivity contribution in [2.24, 2.45) is 11.8 Å². The van der Waals surface area contributed by atoms with Crippen molar-refractivity contribution in [3.8, 4) is 5.75 Å². The van der Waals surface area contributed by atoms with Gasteiger partial charge in [-0.3, -0.25) is 9.59 Å². The third-order valence-electron chi connectivity index (χ3n) is 7.79. The van der Waals surface area contributed by atoms with E-state index in [1.165, 1.54) is 18.2 Å². The molecule has 4 aliphatic rings. The SMILES string of the molecule is O=C1[C@H]2C3c4ccccc4C(c4ccccc43)[C@@H]2C(=O)N1c1ccccc1OS(=O)(=O)c1ccccc1. The first-order valence-electron chi connectivity index (χ1n) is 12.1. The Morgan fingerprint density at radius 3 is 1.51 bits per heavy atom. The highest BCUT2D eigenvalue weighted by Gasteiger charge is 2.62. The van der Waals surface area contributed by atoms with Gasteiger partial charge in [-0.1, -0.05) is 78.9 Å². The van der Waals surface area contributed by atoms with Crippen LogP contribution in [0.5, 0.6) is 5.75 Å². The molecular weight excluding hydrogens is 486 g/mol. The van der Waals surface area contributed by atoms with E-state index in [1.807, 2.05) is 48.5 Å². The largest absolute Gasteiger partial charge is 0.377 e. The molecule has 1 fully saturated rings. The summed E-state index contributed by atoms with van der Waals surface area (Å²) in [5.74, 6) is -2.35. The molecule has 7 heteroatoms. The molecule has 6 nitrogen and oxygen atoms in total. The van der Waals surface area contributed by atoms with Crippen LogP contribution in [0.3, 0.4) is 0 Å². The third kappa shape index (κ3) is 3.07. The highest BCUT2D eigenvalue weighted by Crippen LogP contribution is 2.61. The molecule has 1 aliphatic heterocycles. The monoisotopic (exact) mass is 507 g/mol. The fourth-order valence-electron chi connectivity index (χ4n) is 6.38. The first kappa shape index (κ1) is 22.0. The number of hydrogen-bond donors (Lipinski definition) is 0. The zero-order chi connectivity index (χ0) is 25.3. The van der Waals surface area contributed by atoms with Gasteiger partial charge in [0.25, 0.3) is 0 Å². The summed E-state index contributed by atoms with van der Waals surface area (Å²) in [4.78, 5) is 29.2. The van der Waals surface area contributed by atoms with E-state index in [-0.39, 0.29) is 40.0 Å². The second-order valence-electron chi connectivity index (χ2n) is 9.59. The molecule has 2 bridgehead atoms. The molecule has 37 heavy (non-hydrogen) atoms. The van der Waals surface area contributed by atoms with Crippen LogP contribution in [0, 0.1) is 11.8 Å². The van der Waals surface area contributed by atoms with E-state index in [2.05, 4.69) is 0 Å². The second kappa shape index (κ2) is 7.88. The smallest absolute Gasteiger partial charge is 0.339 e. The summed E-state index contributed by atoms with van der Waals surface area (Å²) in [5, 5.41) is 0. The van der Waals surface area contributed by atoms with E-state index in [0.717, 1.165) is 27.2 Å². The van der Waals surface area contributed by atoms with Crippen LogP contribution in [0.25, 0.3) is 0 Å². The molecule has 0 saturated carbocycles. The Hall–Kier alpha value is -4.23. The van der Waals surface area contributed by atoms with E-state index in [0.29, 0.717) is 0 Å². The molecule has 0 N–H and O–H groups in total. The van der Waals surface area contributed by atoms with Gasteiger partial charge in [0.2, 0.25) is 11.8 Å². The van der Waals surface area contributed by atoms with Crippen LogP contribution in [0.1, 0.15) is 34.1 Å². The topological polar surface area (TPSA) is 80.8 Å². The summed E-state index contributed by atoms with van der Waals surface area (Å²) in [6.45, 7) is 0. The lowest BCUT2D eigenvalue weighted by Crippen LogP contribution is -2.41. The minimum absolute atomic E-state index is 0.0125. The van der Waals surface area contributed by atoms with Crippen molar-refractivity contribution in [1.29, 1.82) is 0 Å². The lowest BCUT2D eigenvalue weighted by molar-refractivity contribution is -0.122. The van der Waals surface area contributed by atoms with Crippen LogP contribution in [0.4, 0.5) is 5.69 Å². The number of hydrogen-bond acceptors (Lipinski definition) is 5. The number of carbonyl (C=O) groups excluding carboxylic acids is 2. The summed E-state index contributed by atoms with van der Waals surface area (Å²) in [7, 11) is -4.17. The van der Waals surface area contributed by atoms with Crippen molar-refractivity contribution in [1.82, 2.24) is 0 Å². The molecule has 4 aromatic rings. The van der Waals surface area contributed by atoms with Gasteiger partial charge in [-0.05, 0) is 46.5 Å². The predicted molar refractivity (Wildman–Crippen MR) is 137 cm³/mol. The molecule has 2 amide bonds. The van der Waals surface area contributed by atoms with Gasteiger partial charge in [0.15, 0.2) is 5.75 Å². The van der Waals surface area contributed by atoms with Crippen LogP contribution in [0.15, 0.2) is 108 Å². The molecule has 0 aromatic heterocycles. The number of amides is 2. The van der Waals surface area contributed by atoms with E-state index >= 15 is 0 Å². The average Bonchev–Trinajstić information content (AvgIpc) is 3.19. The number of para-hydroxylation sites is 2. The third-order valence-corrected chi connectivity index (χ3v) is 9.03. The minimum Gasteiger partial charge on any atom is -0.377 e. The van der Waals surface area contributed by atoms with Gasteiger partial charge in [0, 0.05) is 11.8 Å².